The third-order valence-corrected chi connectivity index (χ3v) is 7.31. The minimum atomic E-state index is -4.55. The van der Waals surface area contributed by atoms with Crippen molar-refractivity contribution in [3.8, 4) is 11.3 Å². The highest BCUT2D eigenvalue weighted by Crippen LogP contribution is 2.40. The minimum absolute atomic E-state index is 0.00314. The molecule has 1 aromatic carbocycles. The van der Waals surface area contributed by atoms with Gasteiger partial charge in [-0.25, -0.2) is 4.39 Å². The van der Waals surface area contributed by atoms with Crippen LogP contribution in [0.15, 0.2) is 30.3 Å². The summed E-state index contributed by atoms with van der Waals surface area (Å²) < 4.78 is 56.7. The van der Waals surface area contributed by atoms with Gasteiger partial charge in [0.1, 0.15) is 6.17 Å². The van der Waals surface area contributed by atoms with Crippen molar-refractivity contribution in [3.05, 3.63) is 47.4 Å². The molecule has 1 amide bonds. The molecule has 9 nitrogen and oxygen atoms in total. The van der Waals surface area contributed by atoms with Crippen LogP contribution in [0.1, 0.15) is 66.4 Å². The van der Waals surface area contributed by atoms with Gasteiger partial charge < -0.3 is 10.2 Å². The molecule has 3 heterocycles. The third kappa shape index (κ3) is 6.03. The van der Waals surface area contributed by atoms with Gasteiger partial charge in [-0.15, -0.1) is 10.2 Å². The van der Waals surface area contributed by atoms with Gasteiger partial charge in [-0.05, 0) is 37.8 Å². The van der Waals surface area contributed by atoms with Gasteiger partial charge in [-0.1, -0.05) is 36.3 Å². The number of tetrazole rings is 1. The van der Waals surface area contributed by atoms with E-state index in [1.807, 2.05) is 4.90 Å². The maximum Gasteiger partial charge on any atom is 0.417 e. The molecule has 0 unspecified atom stereocenters. The summed E-state index contributed by atoms with van der Waals surface area (Å²) in [6, 6.07) is 6.33. The first-order valence-corrected chi connectivity index (χ1v) is 12.9. The predicted octanol–water partition coefficient (Wildman–Crippen LogP) is 3.97. The Morgan fingerprint density at radius 3 is 2.66 bits per heavy atom. The van der Waals surface area contributed by atoms with Gasteiger partial charge in [-0.2, -0.15) is 23.5 Å². The number of aromatic amines is 1. The van der Waals surface area contributed by atoms with Crippen LogP contribution in [-0.2, 0) is 12.6 Å². The molecule has 1 aliphatic carbocycles. The Labute approximate surface area is 217 Å². The Balaban J connectivity index is 1.40. The summed E-state index contributed by atoms with van der Waals surface area (Å²) in [6.07, 6.45) is -0.618. The minimum Gasteiger partial charge on any atom is -0.347 e. The highest BCUT2D eigenvalue weighted by molar-refractivity contribution is 5.93. The monoisotopic (exact) mass is 534 g/mol. The van der Waals surface area contributed by atoms with Crippen LogP contribution in [0.3, 0.4) is 0 Å². The zero-order chi connectivity index (χ0) is 26.7. The maximum atomic E-state index is 13.8. The molecule has 2 fully saturated rings. The van der Waals surface area contributed by atoms with Gasteiger partial charge in [0.2, 0.25) is 0 Å². The summed E-state index contributed by atoms with van der Waals surface area (Å²) >= 11 is 0. The number of nitrogens with one attached hydrogen (secondary N) is 2. The van der Waals surface area contributed by atoms with E-state index in [2.05, 4.69) is 31.0 Å². The normalized spacial score (nSPS) is 19.7. The second kappa shape index (κ2) is 11.2. The average molecular weight is 535 g/mol. The van der Waals surface area contributed by atoms with E-state index in [1.54, 1.807) is 10.7 Å². The van der Waals surface area contributed by atoms with E-state index < -0.39 is 29.9 Å². The van der Waals surface area contributed by atoms with Gasteiger partial charge in [0.15, 0.2) is 11.5 Å². The van der Waals surface area contributed by atoms with Crippen molar-refractivity contribution in [3.63, 3.8) is 0 Å². The van der Waals surface area contributed by atoms with E-state index in [-0.39, 0.29) is 23.0 Å². The number of aromatic nitrogens is 6. The summed E-state index contributed by atoms with van der Waals surface area (Å²) in [6.45, 7) is 1.58. The molecule has 1 saturated heterocycles. The highest BCUT2D eigenvalue weighted by atomic mass is 19.4. The predicted molar refractivity (Wildman–Crippen MR) is 130 cm³/mol. The molecule has 38 heavy (non-hydrogen) atoms. The lowest BCUT2D eigenvalue weighted by molar-refractivity contribution is -0.137. The molecule has 5 rings (SSSR count). The number of H-pyrrole nitrogens is 1. The molecule has 0 bridgehead atoms. The number of carbonyl (C=O) groups excluding carboxylic acids is 1. The largest absolute Gasteiger partial charge is 0.417 e. The smallest absolute Gasteiger partial charge is 0.347 e. The van der Waals surface area contributed by atoms with Crippen molar-refractivity contribution in [2.45, 2.75) is 69.4 Å². The van der Waals surface area contributed by atoms with Gasteiger partial charge in [0.25, 0.3) is 5.91 Å². The third-order valence-electron chi connectivity index (χ3n) is 7.31. The quantitative estimate of drug-likeness (QED) is 0.403. The zero-order valence-electron chi connectivity index (χ0n) is 20.8. The van der Waals surface area contributed by atoms with Crippen LogP contribution in [0, 0.1) is 0 Å². The number of alkyl halides is 4. The van der Waals surface area contributed by atoms with Crippen LogP contribution in [0.2, 0.25) is 0 Å². The van der Waals surface area contributed by atoms with Crippen molar-refractivity contribution in [2.24, 2.45) is 0 Å². The summed E-state index contributed by atoms with van der Waals surface area (Å²) in [5, 5.41) is 21.4. The molecule has 2 aromatic heterocycles. The standard InChI is InChI=1S/C25H30F4N8O/c26-16-9-11-36(15-16)12-10-17(13-23-31-34-35-32-23)30-24(38)21-14-22(37(33-21)18-5-1-2-6-18)19-7-3-4-8-20(19)25(27,28)29/h3-4,7-8,14,16-18H,1-2,5-6,9-13,15H2,(H,30,38)(H,31,32,34,35)/t16-,17+/m1/s1. The molecule has 13 heteroatoms. The molecule has 1 saturated carbocycles. The molecule has 0 spiro atoms. The summed E-state index contributed by atoms with van der Waals surface area (Å²) in [7, 11) is 0. The fourth-order valence-corrected chi connectivity index (χ4v) is 5.39. The van der Waals surface area contributed by atoms with Gasteiger partial charge >= 0.3 is 6.18 Å². The van der Waals surface area contributed by atoms with Crippen LogP contribution >= 0.6 is 0 Å². The van der Waals surface area contributed by atoms with Gasteiger partial charge in [0.05, 0.1) is 17.3 Å². The number of hydrogen-bond acceptors (Lipinski definition) is 6. The molecule has 1 aliphatic heterocycles. The Morgan fingerprint density at radius 1 is 1.18 bits per heavy atom. The maximum absolute atomic E-state index is 13.8. The molecule has 0 radical (unpaired) electrons. The first-order chi connectivity index (χ1) is 18.3. The highest BCUT2D eigenvalue weighted by Gasteiger charge is 2.35. The van der Waals surface area contributed by atoms with E-state index in [4.69, 9.17) is 0 Å². The van der Waals surface area contributed by atoms with E-state index >= 15 is 0 Å². The van der Waals surface area contributed by atoms with Gasteiger partial charge in [-0.3, -0.25) is 9.48 Å². The van der Waals surface area contributed by atoms with E-state index in [9.17, 15) is 22.4 Å². The molecule has 2 aliphatic rings. The van der Waals surface area contributed by atoms with Crippen LogP contribution in [-0.4, -0.2) is 73.1 Å². The number of rotatable bonds is 9. The number of hydrogen-bond donors (Lipinski definition) is 2. The van der Waals surface area contributed by atoms with E-state index in [1.165, 1.54) is 18.2 Å². The lowest BCUT2D eigenvalue weighted by Gasteiger charge is -2.21. The van der Waals surface area contributed by atoms with E-state index in [0.29, 0.717) is 44.7 Å². The fraction of sp³-hybridized carbons (Fsp3) is 0.560. The molecule has 2 atom stereocenters. The van der Waals surface area contributed by atoms with Crippen LogP contribution in [0.25, 0.3) is 11.3 Å². The second-order valence-electron chi connectivity index (χ2n) is 10.0. The number of carbonyl (C=O) groups is 1. The Kier molecular flexibility index (Phi) is 7.73. The van der Waals surface area contributed by atoms with Gasteiger partial charge in [0, 0.05) is 37.7 Å². The number of nitrogens with zero attached hydrogens (tertiary/aromatic N) is 6. The lowest BCUT2D eigenvalue weighted by Crippen LogP contribution is -2.39. The first kappa shape index (κ1) is 26.3. The Hall–Kier alpha value is -3.35. The Morgan fingerprint density at radius 2 is 1.97 bits per heavy atom. The molecule has 204 valence electrons. The molecular weight excluding hydrogens is 504 g/mol. The fourth-order valence-electron chi connectivity index (χ4n) is 5.39. The van der Waals surface area contributed by atoms with Crippen molar-refractivity contribution in [1.82, 2.24) is 40.6 Å². The summed E-state index contributed by atoms with van der Waals surface area (Å²) in [5.74, 6) is -0.0814. The lowest BCUT2D eigenvalue weighted by atomic mass is 10.0. The van der Waals surface area contributed by atoms with Crippen molar-refractivity contribution in [1.29, 1.82) is 0 Å². The SMILES string of the molecule is O=C(N[C@@H](CCN1CC[C@@H](F)C1)Cc1nn[nH]n1)c1cc(-c2ccccc2C(F)(F)F)n(C2CCCC2)n1. The van der Waals surface area contributed by atoms with E-state index in [0.717, 1.165) is 31.7 Å². The van der Waals surface area contributed by atoms with Crippen LogP contribution < -0.4 is 5.32 Å². The number of halogens is 4. The molecule has 2 N–H and O–H groups in total. The zero-order valence-corrected chi connectivity index (χ0v) is 20.8. The summed E-state index contributed by atoms with van der Waals surface area (Å²) in [4.78, 5) is 15.4. The first-order valence-electron chi connectivity index (χ1n) is 12.9. The molecular formula is C25H30F4N8O. The van der Waals surface area contributed by atoms with Crippen LogP contribution in [0.4, 0.5) is 17.6 Å². The van der Waals surface area contributed by atoms with Crippen molar-refractivity contribution < 1.29 is 22.4 Å². The number of amides is 1. The number of benzene rings is 1. The van der Waals surface area contributed by atoms with Crippen LogP contribution in [0.5, 0.6) is 0 Å². The number of likely N-dealkylation sites (tertiary alicyclic amines) is 1. The van der Waals surface area contributed by atoms with Crippen molar-refractivity contribution >= 4 is 5.91 Å². The average Bonchev–Trinajstić information content (AvgIpc) is 3.69. The Bertz CT molecular complexity index is 1220. The topological polar surface area (TPSA) is 105 Å². The van der Waals surface area contributed by atoms with Crippen molar-refractivity contribution in [2.75, 3.05) is 19.6 Å². The second-order valence-corrected chi connectivity index (χ2v) is 10.0. The summed E-state index contributed by atoms with van der Waals surface area (Å²) in [5.41, 5.74) is -0.447. The molecule has 3 aromatic rings.